The van der Waals surface area contributed by atoms with Crippen molar-refractivity contribution in [2.75, 3.05) is 27.4 Å². The van der Waals surface area contributed by atoms with E-state index in [0.29, 0.717) is 24.9 Å². The van der Waals surface area contributed by atoms with Crippen LogP contribution >= 0.6 is 0 Å². The van der Waals surface area contributed by atoms with Crippen molar-refractivity contribution in [2.24, 2.45) is 4.99 Å². The van der Waals surface area contributed by atoms with Crippen LogP contribution in [-0.4, -0.2) is 39.2 Å². The Labute approximate surface area is 124 Å². The van der Waals surface area contributed by atoms with Gasteiger partial charge in [-0.1, -0.05) is 11.6 Å². The number of hydrogen-bond acceptors (Lipinski definition) is 4. The highest BCUT2D eigenvalue weighted by Gasteiger charge is 2.44. The van der Waals surface area contributed by atoms with Gasteiger partial charge in [-0.2, -0.15) is 0 Å². The van der Waals surface area contributed by atoms with Crippen LogP contribution < -0.4 is 15.4 Å². The molecule has 1 unspecified atom stereocenters. The molecule has 6 heteroatoms. The van der Waals surface area contributed by atoms with Crippen molar-refractivity contribution in [2.45, 2.75) is 19.4 Å². The minimum Gasteiger partial charge on any atom is -0.496 e. The van der Waals surface area contributed by atoms with Crippen LogP contribution in [0.5, 0.6) is 5.75 Å². The average Bonchev–Trinajstić information content (AvgIpc) is 2.75. The predicted octanol–water partition coefficient (Wildman–Crippen LogP) is 0.941. The lowest BCUT2D eigenvalue weighted by Crippen LogP contribution is -2.41. The van der Waals surface area contributed by atoms with Crippen LogP contribution in [0.2, 0.25) is 0 Å². The SMILES string of the molecule is COCCN=C1NC(=O)C(C)(c2cc(C)ccc2OC)N1. The van der Waals surface area contributed by atoms with Crippen molar-refractivity contribution < 1.29 is 14.3 Å². The van der Waals surface area contributed by atoms with E-state index in [-0.39, 0.29) is 5.91 Å². The highest BCUT2D eigenvalue weighted by molar-refractivity contribution is 6.09. The number of aliphatic imine (C=N–C) groups is 1. The average molecular weight is 291 g/mol. The summed E-state index contributed by atoms with van der Waals surface area (Å²) in [6, 6.07) is 5.76. The maximum absolute atomic E-state index is 12.4. The molecule has 0 aliphatic carbocycles. The number of carbonyl (C=O) groups excluding carboxylic acids is 1. The summed E-state index contributed by atoms with van der Waals surface area (Å²) in [5.74, 6) is 0.981. The summed E-state index contributed by atoms with van der Waals surface area (Å²) in [6.07, 6.45) is 0. The molecule has 1 aliphatic rings. The van der Waals surface area contributed by atoms with Gasteiger partial charge in [0.25, 0.3) is 5.91 Å². The van der Waals surface area contributed by atoms with E-state index in [9.17, 15) is 4.79 Å². The number of benzene rings is 1. The first-order chi connectivity index (χ1) is 10.0. The minimum absolute atomic E-state index is 0.150. The van der Waals surface area contributed by atoms with Gasteiger partial charge in [-0.25, -0.2) is 0 Å². The Morgan fingerprint density at radius 3 is 2.76 bits per heavy atom. The van der Waals surface area contributed by atoms with Crippen LogP contribution in [0.25, 0.3) is 0 Å². The normalized spacial score (nSPS) is 23.0. The summed E-state index contributed by atoms with van der Waals surface area (Å²) in [6.45, 7) is 4.79. The van der Waals surface area contributed by atoms with E-state index in [1.165, 1.54) is 0 Å². The first-order valence-electron chi connectivity index (χ1n) is 6.79. The Morgan fingerprint density at radius 2 is 2.10 bits per heavy atom. The second-order valence-electron chi connectivity index (χ2n) is 5.13. The second-order valence-corrected chi connectivity index (χ2v) is 5.13. The smallest absolute Gasteiger partial charge is 0.256 e. The summed E-state index contributed by atoms with van der Waals surface area (Å²) >= 11 is 0. The van der Waals surface area contributed by atoms with Crippen LogP contribution in [0, 0.1) is 6.92 Å². The van der Waals surface area contributed by atoms with E-state index in [1.807, 2.05) is 32.0 Å². The van der Waals surface area contributed by atoms with Crippen molar-refractivity contribution in [1.82, 2.24) is 10.6 Å². The summed E-state index contributed by atoms with van der Waals surface area (Å²) in [4.78, 5) is 16.6. The third kappa shape index (κ3) is 3.00. The molecule has 1 saturated heterocycles. The first kappa shape index (κ1) is 15.3. The number of amides is 1. The molecule has 0 saturated carbocycles. The molecule has 0 bridgehead atoms. The molecule has 1 amide bonds. The van der Waals surface area contributed by atoms with Crippen molar-refractivity contribution in [3.05, 3.63) is 29.3 Å². The molecule has 6 nitrogen and oxygen atoms in total. The molecule has 2 rings (SSSR count). The van der Waals surface area contributed by atoms with E-state index in [0.717, 1.165) is 11.1 Å². The van der Waals surface area contributed by atoms with E-state index < -0.39 is 5.54 Å². The van der Waals surface area contributed by atoms with E-state index in [4.69, 9.17) is 9.47 Å². The Kier molecular flexibility index (Phi) is 4.47. The molecule has 1 atom stereocenters. The lowest BCUT2D eigenvalue weighted by molar-refractivity contribution is -0.123. The molecule has 1 fully saturated rings. The molecule has 0 radical (unpaired) electrons. The van der Waals surface area contributed by atoms with Gasteiger partial charge in [0.15, 0.2) is 5.96 Å². The Bertz CT molecular complexity index is 571. The van der Waals surface area contributed by atoms with Gasteiger partial charge in [0.05, 0.1) is 20.3 Å². The van der Waals surface area contributed by atoms with Crippen molar-refractivity contribution in [1.29, 1.82) is 0 Å². The van der Waals surface area contributed by atoms with Crippen molar-refractivity contribution >= 4 is 11.9 Å². The van der Waals surface area contributed by atoms with Crippen LogP contribution in [-0.2, 0) is 15.1 Å². The first-order valence-corrected chi connectivity index (χ1v) is 6.79. The molecular weight excluding hydrogens is 270 g/mol. The molecule has 0 spiro atoms. The molecule has 1 aliphatic heterocycles. The van der Waals surface area contributed by atoms with E-state index in [2.05, 4.69) is 15.6 Å². The maximum atomic E-state index is 12.4. The van der Waals surface area contributed by atoms with Gasteiger partial charge in [0.2, 0.25) is 0 Å². The Hall–Kier alpha value is -2.08. The Morgan fingerprint density at radius 1 is 1.33 bits per heavy atom. The number of methoxy groups -OCH3 is 2. The predicted molar refractivity (Wildman–Crippen MR) is 80.5 cm³/mol. The van der Waals surface area contributed by atoms with Crippen LogP contribution in [0.1, 0.15) is 18.1 Å². The quantitative estimate of drug-likeness (QED) is 0.792. The van der Waals surface area contributed by atoms with Crippen LogP contribution in [0.15, 0.2) is 23.2 Å². The van der Waals surface area contributed by atoms with Gasteiger partial charge in [-0.05, 0) is 26.0 Å². The van der Waals surface area contributed by atoms with Gasteiger partial charge < -0.3 is 14.8 Å². The molecule has 114 valence electrons. The fourth-order valence-corrected chi connectivity index (χ4v) is 2.29. The number of nitrogens with one attached hydrogen (secondary N) is 2. The van der Waals surface area contributed by atoms with Gasteiger partial charge in [-0.3, -0.25) is 15.1 Å². The molecule has 2 N–H and O–H groups in total. The van der Waals surface area contributed by atoms with Gasteiger partial charge in [-0.15, -0.1) is 0 Å². The molecule has 1 heterocycles. The Balaban J connectivity index is 2.32. The third-order valence-corrected chi connectivity index (χ3v) is 3.51. The zero-order valence-corrected chi connectivity index (χ0v) is 12.8. The standard InChI is InChI=1S/C15H21N3O3/c1-10-5-6-12(21-4)11(9-10)15(2)13(19)17-14(18-15)16-7-8-20-3/h5-6,9H,7-8H2,1-4H3,(H2,16,17,18,19). The molecule has 21 heavy (non-hydrogen) atoms. The highest BCUT2D eigenvalue weighted by atomic mass is 16.5. The number of nitrogens with zero attached hydrogens (tertiary/aromatic N) is 1. The molecule has 0 aromatic heterocycles. The fraction of sp³-hybridized carbons (Fsp3) is 0.467. The van der Waals surface area contributed by atoms with E-state index >= 15 is 0 Å². The second kappa shape index (κ2) is 6.13. The summed E-state index contributed by atoms with van der Waals surface area (Å²) in [5.41, 5.74) is 0.953. The third-order valence-electron chi connectivity index (χ3n) is 3.51. The topological polar surface area (TPSA) is 72.0 Å². The number of aryl methyl sites for hydroxylation is 1. The van der Waals surface area contributed by atoms with Gasteiger partial charge in [0.1, 0.15) is 11.3 Å². The molecular formula is C15H21N3O3. The maximum Gasteiger partial charge on any atom is 0.256 e. The van der Waals surface area contributed by atoms with Crippen LogP contribution in [0.3, 0.4) is 0 Å². The molecule has 1 aromatic rings. The van der Waals surface area contributed by atoms with Crippen molar-refractivity contribution in [3.63, 3.8) is 0 Å². The summed E-state index contributed by atoms with van der Waals surface area (Å²) in [7, 11) is 3.21. The minimum atomic E-state index is -0.900. The van der Waals surface area contributed by atoms with Gasteiger partial charge in [0, 0.05) is 12.7 Å². The molecule has 1 aromatic carbocycles. The van der Waals surface area contributed by atoms with Gasteiger partial charge >= 0.3 is 0 Å². The lowest BCUT2D eigenvalue weighted by Gasteiger charge is -2.24. The lowest BCUT2D eigenvalue weighted by atomic mass is 9.90. The summed E-state index contributed by atoms with van der Waals surface area (Å²) in [5, 5.41) is 5.91. The number of guanidine groups is 1. The number of carbonyl (C=O) groups is 1. The fourth-order valence-electron chi connectivity index (χ4n) is 2.29. The number of hydrogen-bond donors (Lipinski definition) is 2. The largest absolute Gasteiger partial charge is 0.496 e. The van der Waals surface area contributed by atoms with E-state index in [1.54, 1.807) is 14.2 Å². The summed E-state index contributed by atoms with van der Waals surface area (Å²) < 4.78 is 10.3. The number of rotatable bonds is 5. The monoisotopic (exact) mass is 291 g/mol. The number of ether oxygens (including phenoxy) is 2. The highest BCUT2D eigenvalue weighted by Crippen LogP contribution is 2.32. The van der Waals surface area contributed by atoms with Crippen molar-refractivity contribution in [3.8, 4) is 5.75 Å². The zero-order valence-electron chi connectivity index (χ0n) is 12.8. The van der Waals surface area contributed by atoms with Crippen LogP contribution in [0.4, 0.5) is 0 Å². The zero-order chi connectivity index (χ0) is 15.5.